The molecule has 188 valence electrons. The number of aromatic nitrogens is 3. The number of rotatable bonds is 8. The van der Waals surface area contributed by atoms with Gasteiger partial charge in [-0.3, -0.25) is 9.78 Å². The maximum Gasteiger partial charge on any atom is 0.251 e. The molecule has 0 bridgehead atoms. The Bertz CT molecular complexity index is 1090. The Morgan fingerprint density at radius 1 is 0.917 bits per heavy atom. The molecule has 0 radical (unpaired) electrons. The number of amides is 1. The minimum absolute atomic E-state index is 0.0617. The van der Waals surface area contributed by atoms with Crippen LogP contribution in [0.2, 0.25) is 0 Å². The average Bonchev–Trinajstić information content (AvgIpc) is 2.96. The van der Waals surface area contributed by atoms with Crippen molar-refractivity contribution in [2.24, 2.45) is 5.92 Å². The van der Waals surface area contributed by atoms with Gasteiger partial charge in [-0.15, -0.1) is 0 Å². The van der Waals surface area contributed by atoms with Gasteiger partial charge in [0.25, 0.3) is 5.91 Å². The third kappa shape index (κ3) is 6.37. The summed E-state index contributed by atoms with van der Waals surface area (Å²) >= 11 is 0. The second kappa shape index (κ2) is 11.9. The van der Waals surface area contributed by atoms with Gasteiger partial charge in [-0.25, -0.2) is 9.97 Å². The van der Waals surface area contributed by atoms with Crippen molar-refractivity contribution in [3.05, 3.63) is 78.4 Å². The molecule has 2 fully saturated rings. The largest absolute Gasteiger partial charge is 0.371 e. The molecule has 0 saturated carbocycles. The van der Waals surface area contributed by atoms with E-state index in [1.165, 1.54) is 18.5 Å². The fraction of sp³-hybridized carbons (Fsp3) is 0.429. The fourth-order valence-electron chi connectivity index (χ4n) is 5.15. The molecule has 2 N–H and O–H groups in total. The molecule has 2 aromatic heterocycles. The number of carbonyl (C=O) groups excluding carboxylic acids is 1. The van der Waals surface area contributed by atoms with Crippen molar-refractivity contribution in [1.29, 1.82) is 0 Å². The molecule has 0 aliphatic carbocycles. The van der Waals surface area contributed by atoms with Gasteiger partial charge in [-0.1, -0.05) is 6.07 Å². The monoisotopic (exact) mass is 485 g/mol. The Labute approximate surface area is 213 Å². The molecule has 8 nitrogen and oxygen atoms in total. The highest BCUT2D eigenvalue weighted by Crippen LogP contribution is 2.23. The standard InChI is InChI=1S/C28H35N7O/c36-27(33-19-22-4-1-12-29-18-22)24-6-8-26(9-7-24)34-16-10-25(11-17-34)32-20-23-5-2-15-35(21-23)28-30-13-3-14-31-28/h1,3-4,6-9,12-14,18,23,25,32H,2,5,10-11,15-17,19-21H2,(H,33,36)/t23-/m1/s1. The van der Waals surface area contributed by atoms with Gasteiger partial charge in [0.1, 0.15) is 0 Å². The van der Waals surface area contributed by atoms with Crippen LogP contribution in [-0.4, -0.2) is 59.6 Å². The van der Waals surface area contributed by atoms with Gasteiger partial charge in [0.2, 0.25) is 5.95 Å². The smallest absolute Gasteiger partial charge is 0.251 e. The Kier molecular flexibility index (Phi) is 8.03. The van der Waals surface area contributed by atoms with Crippen molar-refractivity contribution in [3.63, 3.8) is 0 Å². The van der Waals surface area contributed by atoms with Crippen LogP contribution in [0, 0.1) is 5.92 Å². The van der Waals surface area contributed by atoms with E-state index in [9.17, 15) is 4.79 Å². The summed E-state index contributed by atoms with van der Waals surface area (Å²) in [6.45, 7) is 5.66. The van der Waals surface area contributed by atoms with E-state index in [0.717, 1.165) is 57.1 Å². The molecule has 2 aliphatic rings. The predicted octanol–water partition coefficient (Wildman–Crippen LogP) is 3.28. The Balaban J connectivity index is 1.04. The topological polar surface area (TPSA) is 86.3 Å². The zero-order valence-corrected chi connectivity index (χ0v) is 20.7. The van der Waals surface area contributed by atoms with E-state index >= 15 is 0 Å². The van der Waals surface area contributed by atoms with E-state index in [4.69, 9.17) is 0 Å². The van der Waals surface area contributed by atoms with Crippen LogP contribution in [-0.2, 0) is 6.54 Å². The molecular formula is C28H35N7O. The molecule has 2 saturated heterocycles. The number of benzene rings is 1. The molecule has 0 spiro atoms. The fourth-order valence-corrected chi connectivity index (χ4v) is 5.15. The van der Waals surface area contributed by atoms with Crippen molar-refractivity contribution in [2.75, 3.05) is 42.5 Å². The number of anilines is 2. The lowest BCUT2D eigenvalue weighted by Crippen LogP contribution is -2.46. The van der Waals surface area contributed by atoms with Crippen molar-refractivity contribution in [3.8, 4) is 0 Å². The van der Waals surface area contributed by atoms with Gasteiger partial charge < -0.3 is 20.4 Å². The first-order valence-electron chi connectivity index (χ1n) is 13.0. The van der Waals surface area contributed by atoms with Gasteiger partial charge in [0.15, 0.2) is 0 Å². The Morgan fingerprint density at radius 2 is 1.72 bits per heavy atom. The zero-order chi connectivity index (χ0) is 24.6. The average molecular weight is 486 g/mol. The highest BCUT2D eigenvalue weighted by atomic mass is 16.1. The summed E-state index contributed by atoms with van der Waals surface area (Å²) in [6, 6.07) is 14.2. The molecule has 1 atom stereocenters. The molecule has 1 amide bonds. The van der Waals surface area contributed by atoms with Crippen LogP contribution in [0.1, 0.15) is 41.6 Å². The second-order valence-corrected chi connectivity index (χ2v) is 9.76. The maximum absolute atomic E-state index is 12.5. The molecule has 5 rings (SSSR count). The van der Waals surface area contributed by atoms with Crippen molar-refractivity contribution in [2.45, 2.75) is 38.3 Å². The van der Waals surface area contributed by atoms with Crippen LogP contribution < -0.4 is 20.4 Å². The van der Waals surface area contributed by atoms with Crippen LogP contribution in [0.3, 0.4) is 0 Å². The Morgan fingerprint density at radius 3 is 2.47 bits per heavy atom. The van der Waals surface area contributed by atoms with E-state index in [1.807, 2.05) is 42.7 Å². The SMILES string of the molecule is O=C(NCc1cccnc1)c1ccc(N2CCC(NC[C@H]3CCCN(c4ncccn4)C3)CC2)cc1. The first-order chi connectivity index (χ1) is 17.7. The number of pyridine rings is 1. The molecule has 2 aliphatic heterocycles. The summed E-state index contributed by atoms with van der Waals surface area (Å²) in [5.74, 6) is 1.43. The highest BCUT2D eigenvalue weighted by molar-refractivity contribution is 5.94. The minimum atomic E-state index is -0.0617. The number of nitrogens with one attached hydrogen (secondary N) is 2. The molecule has 1 aromatic carbocycles. The van der Waals surface area contributed by atoms with Gasteiger partial charge in [0.05, 0.1) is 0 Å². The third-order valence-corrected chi connectivity index (χ3v) is 7.21. The summed E-state index contributed by atoms with van der Waals surface area (Å²) in [6.07, 6.45) is 11.9. The molecule has 36 heavy (non-hydrogen) atoms. The number of hydrogen-bond donors (Lipinski definition) is 2. The maximum atomic E-state index is 12.5. The minimum Gasteiger partial charge on any atom is -0.371 e. The molecule has 3 aromatic rings. The first kappa shape index (κ1) is 24.2. The number of piperidine rings is 2. The van der Waals surface area contributed by atoms with Crippen molar-refractivity contribution in [1.82, 2.24) is 25.6 Å². The van der Waals surface area contributed by atoms with E-state index in [2.05, 4.69) is 47.5 Å². The van der Waals surface area contributed by atoms with Crippen LogP contribution >= 0.6 is 0 Å². The lowest BCUT2D eigenvalue weighted by molar-refractivity contribution is 0.0951. The van der Waals surface area contributed by atoms with Crippen LogP contribution in [0.25, 0.3) is 0 Å². The van der Waals surface area contributed by atoms with E-state index in [-0.39, 0.29) is 5.91 Å². The number of carbonyl (C=O) groups is 1. The lowest BCUT2D eigenvalue weighted by atomic mass is 9.96. The second-order valence-electron chi connectivity index (χ2n) is 9.76. The van der Waals surface area contributed by atoms with Gasteiger partial charge >= 0.3 is 0 Å². The highest BCUT2D eigenvalue weighted by Gasteiger charge is 2.24. The predicted molar refractivity (Wildman–Crippen MR) is 142 cm³/mol. The van der Waals surface area contributed by atoms with Crippen LogP contribution in [0.4, 0.5) is 11.6 Å². The molecule has 4 heterocycles. The van der Waals surface area contributed by atoms with Crippen LogP contribution in [0.15, 0.2) is 67.3 Å². The van der Waals surface area contributed by atoms with Crippen LogP contribution in [0.5, 0.6) is 0 Å². The van der Waals surface area contributed by atoms with Gasteiger partial charge in [-0.2, -0.15) is 0 Å². The van der Waals surface area contributed by atoms with Crippen molar-refractivity contribution >= 4 is 17.5 Å². The molecule has 0 unspecified atom stereocenters. The number of hydrogen-bond acceptors (Lipinski definition) is 7. The molecular weight excluding hydrogens is 450 g/mol. The van der Waals surface area contributed by atoms with E-state index in [0.29, 0.717) is 24.1 Å². The summed E-state index contributed by atoms with van der Waals surface area (Å²) in [7, 11) is 0. The lowest BCUT2D eigenvalue weighted by Gasteiger charge is -2.36. The van der Waals surface area contributed by atoms with E-state index in [1.54, 1.807) is 12.4 Å². The van der Waals surface area contributed by atoms with Gasteiger partial charge in [0, 0.05) is 74.8 Å². The number of nitrogens with zero attached hydrogens (tertiary/aromatic N) is 5. The summed E-state index contributed by atoms with van der Waals surface area (Å²) < 4.78 is 0. The summed E-state index contributed by atoms with van der Waals surface area (Å²) in [5.41, 5.74) is 2.86. The molecule has 8 heteroatoms. The summed E-state index contributed by atoms with van der Waals surface area (Å²) in [4.78, 5) is 30.2. The normalized spacial score (nSPS) is 18.7. The van der Waals surface area contributed by atoms with Crippen molar-refractivity contribution < 1.29 is 4.79 Å². The quantitative estimate of drug-likeness (QED) is 0.506. The zero-order valence-electron chi connectivity index (χ0n) is 20.7. The first-order valence-corrected chi connectivity index (χ1v) is 13.0. The van der Waals surface area contributed by atoms with Gasteiger partial charge in [-0.05, 0) is 80.1 Å². The summed E-state index contributed by atoms with van der Waals surface area (Å²) in [5, 5.41) is 6.80. The Hall–Kier alpha value is -3.52. The van der Waals surface area contributed by atoms with E-state index < -0.39 is 0 Å². The third-order valence-electron chi connectivity index (χ3n) is 7.21.